The number of aliphatic hydroxyl groups is 2. The van der Waals surface area contributed by atoms with Crippen molar-refractivity contribution in [2.75, 3.05) is 39.8 Å². The maximum absolute atomic E-state index is 12.0. The third-order valence-corrected chi connectivity index (χ3v) is 2.43. The lowest BCUT2D eigenvalue weighted by atomic mass is 10.5. The van der Waals surface area contributed by atoms with Crippen LogP contribution >= 0.6 is 0 Å². The van der Waals surface area contributed by atoms with E-state index in [1.165, 1.54) is 0 Å². The molecule has 9 nitrogen and oxygen atoms in total. The summed E-state index contributed by atoms with van der Waals surface area (Å²) in [6.07, 6.45) is 1.94. The zero-order chi connectivity index (χ0) is 17.0. The number of carbonyl (C=O) groups excluding carboxylic acids is 3. The van der Waals surface area contributed by atoms with Crippen LogP contribution in [-0.4, -0.2) is 77.7 Å². The molecule has 124 valence electrons. The number of esters is 2. The van der Waals surface area contributed by atoms with Gasteiger partial charge in [-0.2, -0.15) is 0 Å². The summed E-state index contributed by atoms with van der Waals surface area (Å²) in [5, 5.41) is 18.3. The number of nitrogens with zero attached hydrogens (tertiary/aromatic N) is 2. The van der Waals surface area contributed by atoms with Crippen LogP contribution in [0, 0.1) is 0 Å². The highest BCUT2D eigenvalue weighted by Gasteiger charge is 2.20. The van der Waals surface area contributed by atoms with Crippen LogP contribution in [0.5, 0.6) is 0 Å². The van der Waals surface area contributed by atoms with E-state index in [4.69, 9.17) is 19.7 Å². The summed E-state index contributed by atoms with van der Waals surface area (Å²) in [5.74, 6) is -1.30. The summed E-state index contributed by atoms with van der Waals surface area (Å²) in [6, 6.07) is -0.700. The molecule has 0 aliphatic heterocycles. The van der Waals surface area contributed by atoms with Crippen molar-refractivity contribution in [1.29, 1.82) is 0 Å². The van der Waals surface area contributed by atoms with E-state index in [0.717, 1.165) is 22.0 Å². The van der Waals surface area contributed by atoms with Crippen molar-refractivity contribution < 1.29 is 34.1 Å². The van der Waals surface area contributed by atoms with E-state index in [2.05, 4.69) is 13.2 Å². The molecule has 0 atom stereocenters. The molecule has 0 saturated carbocycles. The predicted octanol–water partition coefficient (Wildman–Crippen LogP) is -0.932. The quantitative estimate of drug-likeness (QED) is 0.304. The average Bonchev–Trinajstić information content (AvgIpc) is 2.54. The van der Waals surface area contributed by atoms with Gasteiger partial charge in [0, 0.05) is 12.2 Å². The highest BCUT2D eigenvalue weighted by atomic mass is 16.5. The Kier molecular flexibility index (Phi) is 10.1. The molecule has 0 bridgehead atoms. The minimum atomic E-state index is -0.700. The van der Waals surface area contributed by atoms with Crippen LogP contribution in [0.1, 0.15) is 0 Å². The van der Waals surface area contributed by atoms with E-state index >= 15 is 0 Å². The maximum atomic E-state index is 12.0. The smallest absolute Gasteiger partial charge is 0.330 e. The minimum absolute atomic E-state index is 0.0716. The van der Waals surface area contributed by atoms with Crippen molar-refractivity contribution in [2.24, 2.45) is 0 Å². The van der Waals surface area contributed by atoms with E-state index in [9.17, 15) is 14.4 Å². The molecule has 0 aliphatic carbocycles. The van der Waals surface area contributed by atoms with Crippen LogP contribution in [0.2, 0.25) is 0 Å². The molecule has 0 aliphatic rings. The molecule has 0 spiro atoms. The molecule has 0 radical (unpaired) electrons. The summed E-state index contributed by atoms with van der Waals surface area (Å²) < 4.78 is 9.38. The van der Waals surface area contributed by atoms with Crippen LogP contribution in [0.15, 0.2) is 25.3 Å². The Hall–Kier alpha value is -2.39. The number of amides is 2. The van der Waals surface area contributed by atoms with E-state index in [1.807, 2.05) is 0 Å². The number of urea groups is 1. The average molecular weight is 316 g/mol. The van der Waals surface area contributed by atoms with Gasteiger partial charge in [-0.05, 0) is 0 Å². The van der Waals surface area contributed by atoms with Gasteiger partial charge in [-0.25, -0.2) is 14.4 Å². The summed E-state index contributed by atoms with van der Waals surface area (Å²) in [4.78, 5) is 35.6. The zero-order valence-corrected chi connectivity index (χ0v) is 12.1. The summed E-state index contributed by atoms with van der Waals surface area (Å²) in [6.45, 7) is 4.75. The van der Waals surface area contributed by atoms with Gasteiger partial charge in [0.25, 0.3) is 0 Å². The second-order valence-electron chi connectivity index (χ2n) is 3.84. The molecule has 2 N–H and O–H groups in total. The van der Waals surface area contributed by atoms with Gasteiger partial charge >= 0.3 is 18.0 Å². The van der Waals surface area contributed by atoms with Crippen molar-refractivity contribution in [3.63, 3.8) is 0 Å². The summed E-state index contributed by atoms with van der Waals surface area (Å²) in [7, 11) is 0. The van der Waals surface area contributed by atoms with E-state index < -0.39 is 31.4 Å². The molecule has 0 aromatic carbocycles. The Morgan fingerprint density at radius 3 is 1.50 bits per heavy atom. The Labute approximate surface area is 128 Å². The third-order valence-electron chi connectivity index (χ3n) is 2.43. The predicted molar refractivity (Wildman–Crippen MR) is 75.3 cm³/mol. The van der Waals surface area contributed by atoms with Crippen LogP contribution in [0.3, 0.4) is 0 Å². The number of hydrogen-bond acceptors (Lipinski definition) is 7. The molecule has 0 saturated heterocycles. The first-order valence-corrected chi connectivity index (χ1v) is 6.34. The number of hydrogen-bond donors (Lipinski definition) is 2. The maximum Gasteiger partial charge on any atom is 0.330 e. The number of carbonyl (C=O) groups is 3. The van der Waals surface area contributed by atoms with Crippen LogP contribution in [-0.2, 0) is 19.1 Å². The lowest BCUT2D eigenvalue weighted by Crippen LogP contribution is -2.46. The van der Waals surface area contributed by atoms with E-state index in [1.54, 1.807) is 0 Å². The molecule has 0 heterocycles. The molecule has 0 fully saturated rings. The second kappa shape index (κ2) is 11.3. The van der Waals surface area contributed by atoms with Gasteiger partial charge in [0.15, 0.2) is 0 Å². The van der Waals surface area contributed by atoms with Crippen molar-refractivity contribution >= 4 is 18.0 Å². The van der Waals surface area contributed by atoms with Gasteiger partial charge in [-0.1, -0.05) is 13.2 Å². The third kappa shape index (κ3) is 7.41. The second-order valence-corrected chi connectivity index (χ2v) is 3.84. The van der Waals surface area contributed by atoms with Crippen molar-refractivity contribution in [3.05, 3.63) is 25.3 Å². The van der Waals surface area contributed by atoms with Crippen LogP contribution < -0.4 is 0 Å². The molecule has 0 unspecified atom stereocenters. The van der Waals surface area contributed by atoms with Crippen LogP contribution in [0.25, 0.3) is 0 Å². The standard InChI is InChI=1S/C13H20N2O7/c1-3-11(18)21-7-5-14(9-16)13(20)15(10-17)6-8-22-12(19)4-2/h3-4,16-17H,1-2,5-10H2. The topological polar surface area (TPSA) is 117 Å². The molecule has 2 amide bonds. The summed E-state index contributed by atoms with van der Waals surface area (Å²) in [5.41, 5.74) is 0. The molecule has 9 heteroatoms. The highest BCUT2D eigenvalue weighted by Crippen LogP contribution is 1.99. The first kappa shape index (κ1) is 19.6. The molecule has 0 aromatic heterocycles. The Bertz CT molecular complexity index is 375. The first-order chi connectivity index (χ1) is 10.5. The van der Waals surface area contributed by atoms with Gasteiger partial charge < -0.3 is 19.7 Å². The molecular weight excluding hydrogens is 296 g/mol. The largest absolute Gasteiger partial charge is 0.461 e. The molecule has 0 aromatic rings. The van der Waals surface area contributed by atoms with E-state index in [0.29, 0.717) is 0 Å². The number of rotatable bonds is 10. The Morgan fingerprint density at radius 1 is 0.864 bits per heavy atom. The van der Waals surface area contributed by atoms with Crippen molar-refractivity contribution in [1.82, 2.24) is 9.80 Å². The molecular formula is C13H20N2O7. The Balaban J connectivity index is 4.36. The van der Waals surface area contributed by atoms with Crippen LogP contribution in [0.4, 0.5) is 4.79 Å². The number of aliphatic hydroxyl groups excluding tert-OH is 2. The molecule has 22 heavy (non-hydrogen) atoms. The first-order valence-electron chi connectivity index (χ1n) is 6.34. The fourth-order valence-corrected chi connectivity index (χ4v) is 1.28. The lowest BCUT2D eigenvalue weighted by Gasteiger charge is -2.27. The van der Waals surface area contributed by atoms with Crippen molar-refractivity contribution in [3.8, 4) is 0 Å². The fourth-order valence-electron chi connectivity index (χ4n) is 1.28. The summed E-state index contributed by atoms with van der Waals surface area (Å²) >= 11 is 0. The monoisotopic (exact) mass is 316 g/mol. The van der Waals surface area contributed by atoms with Crippen molar-refractivity contribution in [2.45, 2.75) is 0 Å². The molecule has 0 rings (SSSR count). The zero-order valence-electron chi connectivity index (χ0n) is 12.1. The lowest BCUT2D eigenvalue weighted by molar-refractivity contribution is -0.138. The highest BCUT2D eigenvalue weighted by molar-refractivity contribution is 5.81. The van der Waals surface area contributed by atoms with Gasteiger partial charge in [0.05, 0.1) is 13.1 Å². The van der Waals surface area contributed by atoms with Gasteiger partial charge in [0.2, 0.25) is 0 Å². The van der Waals surface area contributed by atoms with Gasteiger partial charge in [-0.15, -0.1) is 0 Å². The van der Waals surface area contributed by atoms with Gasteiger partial charge in [0.1, 0.15) is 26.7 Å². The normalized spacial score (nSPS) is 9.55. The fraction of sp³-hybridized carbons (Fsp3) is 0.462. The minimum Gasteiger partial charge on any atom is -0.461 e. The van der Waals surface area contributed by atoms with E-state index in [-0.39, 0.29) is 26.3 Å². The Morgan fingerprint density at radius 2 is 1.23 bits per heavy atom. The van der Waals surface area contributed by atoms with Gasteiger partial charge in [-0.3, -0.25) is 9.80 Å². The SMILES string of the molecule is C=CC(=O)OCCN(CO)C(=O)N(CO)CCOC(=O)C=C. The number of ether oxygens (including phenoxy) is 2.